The molecule has 2 rings (SSSR count). The minimum Gasteiger partial charge on any atom is -0.508 e. The summed E-state index contributed by atoms with van der Waals surface area (Å²) in [6, 6.07) is 5.38. The molecular weight excluding hydrogens is 210 g/mol. The summed E-state index contributed by atoms with van der Waals surface area (Å²) in [7, 11) is 0. The molecule has 0 aromatic heterocycles. The van der Waals surface area contributed by atoms with Crippen LogP contribution in [0, 0.1) is 5.92 Å². The molecule has 1 aromatic carbocycles. The van der Waals surface area contributed by atoms with E-state index in [4.69, 9.17) is 11.6 Å². The molecule has 0 spiro atoms. The number of rotatable bonds is 2. The molecule has 15 heavy (non-hydrogen) atoms. The molecule has 0 aliphatic carbocycles. The van der Waals surface area contributed by atoms with Crippen molar-refractivity contribution in [3.05, 3.63) is 28.8 Å². The number of phenols is 1. The maximum atomic E-state index is 9.72. The summed E-state index contributed by atoms with van der Waals surface area (Å²) < 4.78 is 0. The summed E-state index contributed by atoms with van der Waals surface area (Å²) in [4.78, 5) is 0. The normalized spacial score (nSPS) is 21.5. The van der Waals surface area contributed by atoms with Gasteiger partial charge in [-0.25, -0.2) is 0 Å². The fourth-order valence-corrected chi connectivity index (χ4v) is 2.29. The van der Waals surface area contributed by atoms with Crippen LogP contribution in [0.5, 0.6) is 5.75 Å². The lowest BCUT2D eigenvalue weighted by Crippen LogP contribution is -2.30. The maximum absolute atomic E-state index is 9.72. The second kappa shape index (κ2) is 4.86. The Hall–Kier alpha value is -0.730. The number of hydrogen-bond acceptors (Lipinski definition) is 2. The third kappa shape index (κ3) is 2.86. The van der Waals surface area contributed by atoms with Gasteiger partial charge in [-0.1, -0.05) is 17.7 Å². The minimum absolute atomic E-state index is 0.327. The minimum atomic E-state index is 0.327. The first-order valence-corrected chi connectivity index (χ1v) is 5.81. The first-order chi connectivity index (χ1) is 7.25. The third-order valence-electron chi connectivity index (χ3n) is 2.95. The van der Waals surface area contributed by atoms with Gasteiger partial charge >= 0.3 is 0 Å². The summed E-state index contributed by atoms with van der Waals surface area (Å²) in [6.07, 6.45) is 3.42. The van der Waals surface area contributed by atoms with Crippen molar-refractivity contribution in [2.75, 3.05) is 13.1 Å². The van der Waals surface area contributed by atoms with E-state index in [0.29, 0.717) is 16.7 Å². The molecule has 2 N–H and O–H groups in total. The molecule has 1 fully saturated rings. The van der Waals surface area contributed by atoms with Gasteiger partial charge in [0.1, 0.15) is 5.75 Å². The van der Waals surface area contributed by atoms with Crippen LogP contribution in [-0.2, 0) is 6.42 Å². The molecule has 0 saturated carbocycles. The van der Waals surface area contributed by atoms with Crippen LogP contribution in [-0.4, -0.2) is 18.2 Å². The van der Waals surface area contributed by atoms with Crippen molar-refractivity contribution in [3.63, 3.8) is 0 Å². The summed E-state index contributed by atoms with van der Waals surface area (Å²) in [5.41, 5.74) is 1.01. The van der Waals surface area contributed by atoms with E-state index in [9.17, 15) is 5.11 Å². The quantitative estimate of drug-likeness (QED) is 0.811. The molecule has 82 valence electrons. The Morgan fingerprint density at radius 3 is 3.00 bits per heavy atom. The monoisotopic (exact) mass is 225 g/mol. The topological polar surface area (TPSA) is 32.3 Å². The first kappa shape index (κ1) is 10.8. The van der Waals surface area contributed by atoms with E-state index in [1.807, 2.05) is 12.1 Å². The van der Waals surface area contributed by atoms with Gasteiger partial charge < -0.3 is 10.4 Å². The number of hydrogen-bond donors (Lipinski definition) is 2. The van der Waals surface area contributed by atoms with Crippen LogP contribution in [0.2, 0.25) is 5.02 Å². The summed E-state index contributed by atoms with van der Waals surface area (Å²) in [6.45, 7) is 2.19. The zero-order chi connectivity index (χ0) is 10.7. The largest absolute Gasteiger partial charge is 0.508 e. The third-order valence-corrected chi connectivity index (χ3v) is 3.19. The van der Waals surface area contributed by atoms with Gasteiger partial charge in [0.05, 0.1) is 0 Å². The van der Waals surface area contributed by atoms with Crippen LogP contribution in [0.15, 0.2) is 18.2 Å². The fraction of sp³-hybridized carbons (Fsp3) is 0.500. The standard InChI is InChI=1S/C12H16ClNO/c13-11-4-3-10(12(15)7-11)6-9-2-1-5-14-8-9/h3-4,7,9,14-15H,1-2,5-6,8H2. The average molecular weight is 226 g/mol. The Morgan fingerprint density at radius 2 is 2.33 bits per heavy atom. The smallest absolute Gasteiger partial charge is 0.120 e. The lowest BCUT2D eigenvalue weighted by atomic mass is 9.92. The van der Waals surface area contributed by atoms with E-state index in [1.165, 1.54) is 12.8 Å². The molecule has 1 heterocycles. The molecule has 1 aromatic rings. The fourth-order valence-electron chi connectivity index (χ4n) is 2.12. The highest BCUT2D eigenvalue weighted by atomic mass is 35.5. The highest BCUT2D eigenvalue weighted by Crippen LogP contribution is 2.26. The predicted octanol–water partition coefficient (Wildman–Crippen LogP) is 2.59. The molecule has 0 amide bonds. The van der Waals surface area contributed by atoms with Crippen LogP contribution < -0.4 is 5.32 Å². The highest BCUT2D eigenvalue weighted by molar-refractivity contribution is 6.30. The van der Waals surface area contributed by atoms with Crippen molar-refractivity contribution in [2.24, 2.45) is 5.92 Å². The Bertz CT molecular complexity index is 334. The van der Waals surface area contributed by atoms with Gasteiger partial charge in [0, 0.05) is 5.02 Å². The van der Waals surface area contributed by atoms with Gasteiger partial charge in [-0.2, -0.15) is 0 Å². The molecule has 1 unspecified atom stereocenters. The van der Waals surface area contributed by atoms with Crippen LogP contribution in [0.4, 0.5) is 0 Å². The SMILES string of the molecule is Oc1cc(Cl)ccc1CC1CCCNC1. The van der Waals surface area contributed by atoms with E-state index in [-0.39, 0.29) is 0 Å². The van der Waals surface area contributed by atoms with Crippen LogP contribution in [0.1, 0.15) is 18.4 Å². The second-order valence-corrected chi connectivity index (χ2v) is 4.63. The van der Waals surface area contributed by atoms with Crippen molar-refractivity contribution in [2.45, 2.75) is 19.3 Å². The van der Waals surface area contributed by atoms with Gasteiger partial charge in [-0.3, -0.25) is 0 Å². The van der Waals surface area contributed by atoms with Crippen LogP contribution in [0.3, 0.4) is 0 Å². The van der Waals surface area contributed by atoms with Gasteiger partial charge in [-0.15, -0.1) is 0 Å². The summed E-state index contributed by atoms with van der Waals surface area (Å²) in [5.74, 6) is 0.971. The van der Waals surface area contributed by atoms with E-state index in [1.54, 1.807) is 6.07 Å². The Labute approximate surface area is 95.3 Å². The zero-order valence-corrected chi connectivity index (χ0v) is 9.43. The molecule has 3 heteroatoms. The van der Waals surface area contributed by atoms with Crippen molar-refractivity contribution in [1.29, 1.82) is 0 Å². The highest BCUT2D eigenvalue weighted by Gasteiger charge is 2.15. The van der Waals surface area contributed by atoms with Gasteiger partial charge in [0.2, 0.25) is 0 Å². The second-order valence-electron chi connectivity index (χ2n) is 4.19. The van der Waals surface area contributed by atoms with Crippen LogP contribution >= 0.6 is 11.6 Å². The Balaban J connectivity index is 2.03. The van der Waals surface area contributed by atoms with Crippen molar-refractivity contribution in [1.82, 2.24) is 5.32 Å². The molecule has 0 radical (unpaired) electrons. The molecule has 1 aliphatic heterocycles. The Morgan fingerprint density at radius 1 is 1.47 bits per heavy atom. The van der Waals surface area contributed by atoms with E-state index in [0.717, 1.165) is 25.1 Å². The van der Waals surface area contributed by atoms with E-state index in [2.05, 4.69) is 5.32 Å². The van der Waals surface area contributed by atoms with Gasteiger partial charge in [-0.05, 0) is 56.0 Å². The van der Waals surface area contributed by atoms with E-state index >= 15 is 0 Å². The van der Waals surface area contributed by atoms with E-state index < -0.39 is 0 Å². The lowest BCUT2D eigenvalue weighted by molar-refractivity contribution is 0.370. The molecule has 2 nitrogen and oxygen atoms in total. The molecule has 0 bridgehead atoms. The molecule has 1 atom stereocenters. The maximum Gasteiger partial charge on any atom is 0.120 e. The number of benzene rings is 1. The van der Waals surface area contributed by atoms with Crippen molar-refractivity contribution >= 4 is 11.6 Å². The lowest BCUT2D eigenvalue weighted by Gasteiger charge is -2.23. The number of halogens is 1. The molecule has 1 saturated heterocycles. The molecular formula is C12H16ClNO. The zero-order valence-electron chi connectivity index (χ0n) is 8.67. The number of phenolic OH excluding ortho intramolecular Hbond substituents is 1. The van der Waals surface area contributed by atoms with Crippen LogP contribution in [0.25, 0.3) is 0 Å². The predicted molar refractivity (Wildman–Crippen MR) is 62.4 cm³/mol. The summed E-state index contributed by atoms with van der Waals surface area (Å²) in [5, 5.41) is 13.7. The average Bonchev–Trinajstić information content (AvgIpc) is 2.24. The molecule has 1 aliphatic rings. The van der Waals surface area contributed by atoms with Gasteiger partial charge in [0.25, 0.3) is 0 Å². The first-order valence-electron chi connectivity index (χ1n) is 5.44. The number of aromatic hydroxyl groups is 1. The number of piperidine rings is 1. The van der Waals surface area contributed by atoms with Crippen molar-refractivity contribution in [3.8, 4) is 5.75 Å². The van der Waals surface area contributed by atoms with Gasteiger partial charge in [0.15, 0.2) is 0 Å². The Kier molecular flexibility index (Phi) is 3.49. The van der Waals surface area contributed by atoms with Crippen molar-refractivity contribution < 1.29 is 5.11 Å². The number of nitrogens with one attached hydrogen (secondary N) is 1. The summed E-state index contributed by atoms with van der Waals surface area (Å²) >= 11 is 5.79.